The van der Waals surface area contributed by atoms with Gasteiger partial charge in [-0.05, 0) is 63.6 Å². The molecule has 2 heterocycles. The lowest BCUT2D eigenvalue weighted by Crippen LogP contribution is -2.48. The van der Waals surface area contributed by atoms with E-state index >= 15 is 0 Å². The molecule has 31 heteroatoms. The molecule has 0 spiro atoms. The Morgan fingerprint density at radius 3 is 1.72 bits per heavy atom. The van der Waals surface area contributed by atoms with E-state index in [1.165, 1.54) is 0 Å². The first-order valence-electron chi connectivity index (χ1n) is 16.9. The summed E-state index contributed by atoms with van der Waals surface area (Å²) in [7, 11) is -9.19. The SMILES string of the molecule is C[SiH]1O[SiH](C)O[Si](C)(CCCC2CC(=O)OC2=O)OCCCC[Si](C)(CCCOCC(F)(OCF)C(F)(F)F)O1.FC(F)(F)C(F)(F)F.FCOC(F)(F)C(F)(F)F. The summed E-state index contributed by atoms with van der Waals surface area (Å²) in [4.78, 5) is 23.1. The van der Waals surface area contributed by atoms with E-state index in [0.717, 1.165) is 18.9 Å². The van der Waals surface area contributed by atoms with Gasteiger partial charge in [0.15, 0.2) is 22.0 Å². The summed E-state index contributed by atoms with van der Waals surface area (Å²) in [5.74, 6) is -5.56. The first-order chi connectivity index (χ1) is 26.2. The molecule has 2 saturated heterocycles. The Kier molecular flexibility index (Phi) is 23.1. The van der Waals surface area contributed by atoms with E-state index in [1.807, 2.05) is 26.2 Å². The van der Waals surface area contributed by atoms with Crippen molar-refractivity contribution in [3.05, 3.63) is 0 Å². The van der Waals surface area contributed by atoms with Crippen molar-refractivity contribution in [2.75, 3.05) is 33.5 Å². The molecule has 0 bridgehead atoms. The summed E-state index contributed by atoms with van der Waals surface area (Å²) < 4.78 is 235. The van der Waals surface area contributed by atoms with Gasteiger partial charge >= 0.3 is 57.2 Å². The molecule has 2 aliphatic rings. The van der Waals surface area contributed by atoms with Crippen molar-refractivity contribution < 1.29 is 120 Å². The molecule has 2 rings (SSSR count). The highest BCUT2D eigenvalue weighted by Gasteiger charge is 2.60. The van der Waals surface area contributed by atoms with Gasteiger partial charge < -0.3 is 31.0 Å². The van der Waals surface area contributed by atoms with Gasteiger partial charge in [0, 0.05) is 13.2 Å². The number of carbonyl (C=O) groups excluding carboxylic acids is 2. The van der Waals surface area contributed by atoms with Crippen LogP contribution in [-0.4, -0.2) is 118 Å². The van der Waals surface area contributed by atoms with Crippen LogP contribution in [0.15, 0.2) is 0 Å². The molecular formula is C27H43F17O10Si4. The highest BCUT2D eigenvalue weighted by molar-refractivity contribution is 6.80. The van der Waals surface area contributed by atoms with E-state index in [4.69, 9.17) is 21.5 Å². The van der Waals surface area contributed by atoms with Gasteiger partial charge in [0.25, 0.3) is 18.6 Å². The minimum atomic E-state index is -6.06. The van der Waals surface area contributed by atoms with E-state index in [1.54, 1.807) is 0 Å². The fourth-order valence-corrected chi connectivity index (χ4v) is 20.0. The summed E-state index contributed by atoms with van der Waals surface area (Å²) in [6, 6.07) is 2.00. The van der Waals surface area contributed by atoms with Gasteiger partial charge in [-0.25, -0.2) is 8.78 Å². The highest BCUT2D eigenvalue weighted by atomic mass is 28.5. The molecule has 0 N–H and O–H groups in total. The van der Waals surface area contributed by atoms with Crippen molar-refractivity contribution >= 4 is 47.4 Å². The number of alkyl halides is 17. The van der Waals surface area contributed by atoms with Gasteiger partial charge in [-0.1, -0.05) is 12.8 Å². The van der Waals surface area contributed by atoms with Crippen molar-refractivity contribution in [1.82, 2.24) is 0 Å². The smallest absolute Gasteiger partial charge is 0.438 e. The molecule has 0 amide bonds. The Bertz CT molecular complexity index is 1220. The van der Waals surface area contributed by atoms with Gasteiger partial charge in [-0.3, -0.25) is 14.3 Å². The normalized spacial score (nSPS) is 26.9. The molecule has 0 aromatic heterocycles. The third-order valence-corrected chi connectivity index (χ3v) is 22.7. The number of hydrogen-bond acceptors (Lipinski definition) is 10. The molecule has 0 aromatic rings. The molecular weight excluding hydrogens is 920 g/mol. The number of halogens is 17. The minimum Gasteiger partial charge on any atom is -0.438 e. The van der Waals surface area contributed by atoms with Crippen molar-refractivity contribution in [3.8, 4) is 0 Å². The van der Waals surface area contributed by atoms with Gasteiger partial charge in [-0.15, -0.1) is 0 Å². The van der Waals surface area contributed by atoms with Gasteiger partial charge in [0.05, 0.1) is 12.3 Å². The van der Waals surface area contributed by atoms with Crippen LogP contribution in [0.2, 0.25) is 44.3 Å². The first-order valence-corrected chi connectivity index (χ1v) is 26.4. The molecule has 0 saturated carbocycles. The Labute approximate surface area is 326 Å². The number of cyclic esters (lactones) is 2. The lowest BCUT2D eigenvalue weighted by Gasteiger charge is -2.35. The maximum Gasteiger partial charge on any atom is 0.487 e. The quantitative estimate of drug-likeness (QED) is 0.0551. The number of hydrogen-bond donors (Lipinski definition) is 0. The van der Waals surface area contributed by atoms with E-state index in [0.29, 0.717) is 38.0 Å². The third-order valence-electron chi connectivity index (χ3n) is 7.78. The zero-order valence-corrected chi connectivity index (χ0v) is 35.4. The average molecular weight is 963 g/mol. The second kappa shape index (κ2) is 23.7. The monoisotopic (exact) mass is 962 g/mol. The van der Waals surface area contributed by atoms with Crippen LogP contribution in [0.25, 0.3) is 0 Å². The van der Waals surface area contributed by atoms with Crippen LogP contribution in [0, 0.1) is 5.92 Å². The first kappa shape index (κ1) is 56.5. The molecule has 2 fully saturated rings. The number of esters is 2. The van der Waals surface area contributed by atoms with E-state index in [-0.39, 0.29) is 13.0 Å². The summed E-state index contributed by atoms with van der Waals surface area (Å²) in [5.41, 5.74) is 0. The van der Waals surface area contributed by atoms with Crippen LogP contribution < -0.4 is 0 Å². The predicted octanol–water partition coefficient (Wildman–Crippen LogP) is 8.84. The fourth-order valence-electron chi connectivity index (χ4n) is 4.98. The van der Waals surface area contributed by atoms with Crippen LogP contribution in [0.1, 0.15) is 38.5 Å². The maximum atomic E-state index is 13.9. The standard InChI is InChI=1S/C22H41F5O9Si4.C3H2F6O.C2F6/c1-37-34-38(2)36-40(4,14-7-9-18-15-19(28)33-20(18)29)32-11-5-6-12-39(3,35-37)13-8-10-30-16-21(24,31-17-23)22(25,26)27;4-1-10-3(8,9)2(5,6)7;3-1(4,5)2(6,7)8/h18,37-38H,5-17H2,1-4H3;1H2;. The molecule has 6 atom stereocenters. The largest absolute Gasteiger partial charge is 0.487 e. The topological polar surface area (TPSA) is 108 Å². The van der Waals surface area contributed by atoms with Crippen molar-refractivity contribution in [2.24, 2.45) is 5.92 Å². The molecule has 0 radical (unpaired) electrons. The van der Waals surface area contributed by atoms with Gasteiger partial charge in [0.1, 0.15) is 6.61 Å². The molecule has 58 heavy (non-hydrogen) atoms. The molecule has 0 aliphatic carbocycles. The van der Waals surface area contributed by atoms with Crippen LogP contribution in [0.4, 0.5) is 74.6 Å². The van der Waals surface area contributed by atoms with E-state index < -0.39 is 110 Å². The minimum absolute atomic E-state index is 0.111. The molecule has 10 nitrogen and oxygen atoms in total. The summed E-state index contributed by atoms with van der Waals surface area (Å²) in [5, 5.41) is 0. The Morgan fingerprint density at radius 2 is 1.28 bits per heavy atom. The summed E-state index contributed by atoms with van der Waals surface area (Å²) >= 11 is 0. The summed E-state index contributed by atoms with van der Waals surface area (Å²) in [6.07, 6.45) is -25.5. The molecule has 6 unspecified atom stereocenters. The van der Waals surface area contributed by atoms with Crippen LogP contribution >= 0.6 is 0 Å². The Hall–Kier alpha value is -1.46. The maximum absolute atomic E-state index is 13.9. The van der Waals surface area contributed by atoms with Crippen molar-refractivity contribution in [1.29, 1.82) is 0 Å². The highest BCUT2D eigenvalue weighted by Crippen LogP contribution is 2.38. The molecule has 346 valence electrons. The average Bonchev–Trinajstić information content (AvgIpc) is 3.34. The molecule has 2 aliphatic heterocycles. The number of rotatable bonds is 14. The number of ether oxygens (including phenoxy) is 4. The van der Waals surface area contributed by atoms with Gasteiger partial charge in [-0.2, -0.15) is 65.9 Å². The second-order valence-corrected chi connectivity index (χ2v) is 25.1. The predicted molar refractivity (Wildman–Crippen MR) is 173 cm³/mol. The number of carbonyl (C=O) groups is 2. The van der Waals surface area contributed by atoms with E-state index in [2.05, 4.69) is 14.2 Å². The van der Waals surface area contributed by atoms with Crippen LogP contribution in [0.5, 0.6) is 0 Å². The zero-order valence-electron chi connectivity index (χ0n) is 31.1. The lowest BCUT2D eigenvalue weighted by atomic mass is 10.0. The molecule has 0 aromatic carbocycles. The fraction of sp³-hybridized carbons (Fsp3) is 0.926. The third kappa shape index (κ3) is 20.9. The zero-order chi connectivity index (χ0) is 45.4. The lowest BCUT2D eigenvalue weighted by molar-refractivity contribution is -0.398. The van der Waals surface area contributed by atoms with Crippen molar-refractivity contribution in [3.63, 3.8) is 0 Å². The summed E-state index contributed by atoms with van der Waals surface area (Å²) in [6.45, 7) is 2.64. The Morgan fingerprint density at radius 1 is 0.724 bits per heavy atom. The van der Waals surface area contributed by atoms with Gasteiger partial charge in [0.2, 0.25) is 0 Å². The van der Waals surface area contributed by atoms with Crippen LogP contribution in [-0.2, 0) is 45.3 Å². The second-order valence-electron chi connectivity index (χ2n) is 12.9. The Balaban J connectivity index is 0.00000149. The van der Waals surface area contributed by atoms with E-state index in [9.17, 15) is 84.2 Å². The van der Waals surface area contributed by atoms with Crippen molar-refractivity contribution in [2.45, 2.75) is 120 Å². The van der Waals surface area contributed by atoms with Crippen LogP contribution in [0.3, 0.4) is 0 Å².